The third-order valence-corrected chi connectivity index (χ3v) is 10.6. The molecule has 0 saturated heterocycles. The Hall–Kier alpha value is 1.89. The van der Waals surface area contributed by atoms with Crippen molar-refractivity contribution in [1.82, 2.24) is 0 Å². The summed E-state index contributed by atoms with van der Waals surface area (Å²) in [6, 6.07) is 0. The Morgan fingerprint density at radius 2 is 1.11 bits per heavy atom. The van der Waals surface area contributed by atoms with Gasteiger partial charge in [0.25, 0.3) is 0 Å². The molecule has 0 atom stereocenters. The van der Waals surface area contributed by atoms with E-state index in [0.717, 1.165) is 25.7 Å². The van der Waals surface area contributed by atoms with Crippen molar-refractivity contribution in [2.75, 3.05) is 0 Å². The van der Waals surface area contributed by atoms with Crippen molar-refractivity contribution in [3.63, 3.8) is 0 Å². The summed E-state index contributed by atoms with van der Waals surface area (Å²) >= 11 is 2.56. The molecule has 0 aromatic carbocycles. The number of rotatable bonds is 4. The van der Waals surface area contributed by atoms with Crippen molar-refractivity contribution in [2.45, 2.75) is 74.7 Å². The minimum Gasteiger partial charge on any atom is -0.784 e. The molecule has 6 heteroatoms. The Morgan fingerprint density at radius 1 is 0.778 bits per heavy atom. The molecule has 0 amide bonds. The molecule has 0 unspecified atom stereocenters. The first-order valence-corrected chi connectivity index (χ1v) is 11.4. The Morgan fingerprint density at radius 3 is 1.44 bits per heavy atom. The predicted octanol–water partition coefficient (Wildman–Crippen LogP) is 1.59. The van der Waals surface area contributed by atoms with Gasteiger partial charge in [0, 0.05) is 10.5 Å². The predicted molar refractivity (Wildman–Crippen MR) is 76.5 cm³/mol. The van der Waals surface area contributed by atoms with Crippen LogP contribution in [0.4, 0.5) is 0 Å². The zero-order valence-corrected chi connectivity index (χ0v) is 15.8. The second kappa shape index (κ2) is 9.02. The summed E-state index contributed by atoms with van der Waals surface area (Å²) in [5, 5.41) is 0.756. The molecule has 2 aliphatic carbocycles. The molecular weight excluding hydrogens is 294 g/mol. The third-order valence-electron chi connectivity index (χ3n) is 3.66. The minimum atomic E-state index is -3.25. The maximum absolute atomic E-state index is 12.1. The molecule has 0 bridgehead atoms. The van der Waals surface area contributed by atoms with E-state index in [0.29, 0.717) is 10.5 Å². The molecule has 0 aliphatic heterocycles. The van der Waals surface area contributed by atoms with Gasteiger partial charge in [-0.25, -0.2) is 0 Å². The summed E-state index contributed by atoms with van der Waals surface area (Å²) in [6.07, 6.45) is 11.8. The van der Waals surface area contributed by atoms with Gasteiger partial charge in [-0.1, -0.05) is 61.3 Å². The molecule has 2 fully saturated rings. The van der Waals surface area contributed by atoms with Crippen molar-refractivity contribution in [3.8, 4) is 0 Å². The second-order valence-electron chi connectivity index (χ2n) is 5.18. The van der Waals surface area contributed by atoms with Crippen LogP contribution in [0, 0.1) is 0 Å². The first-order valence-electron chi connectivity index (χ1n) is 6.83. The van der Waals surface area contributed by atoms with Crippen molar-refractivity contribution in [2.24, 2.45) is 0 Å². The largest absolute Gasteiger partial charge is 1.00 e. The van der Waals surface area contributed by atoms with Gasteiger partial charge in [-0.05, 0) is 25.7 Å². The zero-order valence-electron chi connectivity index (χ0n) is 11.3. The fraction of sp³-hybridized carbons (Fsp3) is 1.00. The van der Waals surface area contributed by atoms with E-state index < -0.39 is 5.77 Å². The van der Waals surface area contributed by atoms with Crippen LogP contribution in [0.3, 0.4) is 0 Å². The molecule has 0 radical (unpaired) electrons. The summed E-state index contributed by atoms with van der Waals surface area (Å²) in [5.41, 5.74) is 0. The van der Waals surface area contributed by atoms with E-state index in [4.69, 9.17) is 0 Å². The van der Waals surface area contributed by atoms with E-state index in [1.807, 2.05) is 0 Å². The molecule has 0 N–H and O–H groups in total. The van der Waals surface area contributed by atoms with Crippen molar-refractivity contribution < 1.29 is 39.0 Å². The molecule has 0 aromatic heterocycles. The van der Waals surface area contributed by atoms with E-state index in [1.165, 1.54) is 61.3 Å². The number of hydrogen-bond acceptors (Lipinski definition) is 4. The van der Waals surface area contributed by atoms with E-state index >= 15 is 0 Å². The van der Waals surface area contributed by atoms with Gasteiger partial charge in [0.1, 0.15) is 5.77 Å². The van der Waals surface area contributed by atoms with Crippen LogP contribution in [0.2, 0.25) is 0 Å². The Kier molecular flexibility index (Phi) is 8.99. The Bertz CT molecular complexity index is 255. The van der Waals surface area contributed by atoms with Gasteiger partial charge in [0.05, 0.1) is 0 Å². The molecular formula is C12H22NaO2PS2. The molecule has 0 spiro atoms. The van der Waals surface area contributed by atoms with Crippen LogP contribution in [-0.2, 0) is 4.57 Å². The zero-order chi connectivity index (χ0) is 12.1. The summed E-state index contributed by atoms with van der Waals surface area (Å²) in [6.45, 7) is 0. The molecule has 0 heterocycles. The van der Waals surface area contributed by atoms with E-state index in [1.54, 1.807) is 0 Å². The van der Waals surface area contributed by atoms with E-state index in [2.05, 4.69) is 0 Å². The van der Waals surface area contributed by atoms with Gasteiger partial charge in [-0.2, -0.15) is 0 Å². The van der Waals surface area contributed by atoms with Gasteiger partial charge in [0.15, 0.2) is 0 Å². The smallest absolute Gasteiger partial charge is 0.784 e. The van der Waals surface area contributed by atoms with Crippen LogP contribution in [0.5, 0.6) is 0 Å². The fourth-order valence-electron chi connectivity index (χ4n) is 2.73. The fourth-order valence-corrected chi connectivity index (χ4v) is 10.8. The average molecular weight is 316 g/mol. The van der Waals surface area contributed by atoms with Gasteiger partial charge >= 0.3 is 29.6 Å². The molecule has 0 aromatic rings. The van der Waals surface area contributed by atoms with Gasteiger partial charge in [0.2, 0.25) is 0 Å². The minimum absolute atomic E-state index is 0. The molecule has 18 heavy (non-hydrogen) atoms. The van der Waals surface area contributed by atoms with Crippen LogP contribution in [0.15, 0.2) is 0 Å². The topological polar surface area (TPSA) is 40.1 Å². The first-order chi connectivity index (χ1) is 8.16. The summed E-state index contributed by atoms with van der Waals surface area (Å²) in [7, 11) is 0. The van der Waals surface area contributed by atoms with E-state index in [9.17, 15) is 9.46 Å². The maximum Gasteiger partial charge on any atom is 1.00 e. The normalized spacial score (nSPS) is 23.6. The van der Waals surface area contributed by atoms with Gasteiger partial charge in [-0.3, -0.25) is 0 Å². The molecule has 2 aliphatic rings. The van der Waals surface area contributed by atoms with Crippen LogP contribution in [0.1, 0.15) is 64.2 Å². The first kappa shape index (κ1) is 17.9. The summed E-state index contributed by atoms with van der Waals surface area (Å²) in [4.78, 5) is 12.1. The molecule has 2 nitrogen and oxygen atoms in total. The van der Waals surface area contributed by atoms with Crippen LogP contribution in [0.25, 0.3) is 0 Å². The molecule has 2 saturated carbocycles. The van der Waals surface area contributed by atoms with Crippen molar-refractivity contribution in [1.29, 1.82) is 0 Å². The van der Waals surface area contributed by atoms with Gasteiger partial charge < -0.3 is 9.46 Å². The maximum atomic E-state index is 12.1. The molecule has 100 valence electrons. The quantitative estimate of drug-likeness (QED) is 0.583. The summed E-state index contributed by atoms with van der Waals surface area (Å²) < 4.78 is 12.1. The van der Waals surface area contributed by atoms with Crippen LogP contribution in [-0.4, -0.2) is 10.5 Å². The van der Waals surface area contributed by atoms with E-state index in [-0.39, 0.29) is 29.6 Å². The molecule has 2 rings (SSSR count). The van der Waals surface area contributed by atoms with Crippen LogP contribution < -0.4 is 34.5 Å². The van der Waals surface area contributed by atoms with Crippen molar-refractivity contribution in [3.05, 3.63) is 0 Å². The Balaban J connectivity index is 0.00000162. The average Bonchev–Trinajstić information content (AvgIpc) is 2.30. The van der Waals surface area contributed by atoms with Crippen LogP contribution >= 0.6 is 28.5 Å². The second-order valence-corrected chi connectivity index (χ2v) is 12.7. The number of hydrogen-bond donors (Lipinski definition) is 0. The van der Waals surface area contributed by atoms with Crippen molar-refractivity contribution >= 4 is 28.5 Å². The van der Waals surface area contributed by atoms with Gasteiger partial charge in [-0.15, -0.1) is 0 Å². The monoisotopic (exact) mass is 316 g/mol. The standard InChI is InChI=1S/C12H23O2PS2.Na/c13-15(14,16-11-7-3-1-4-8-11)17-12-9-5-2-6-10-12;/h11-12H,1-10H2,(H,13,14);/q;+1/p-1. The summed E-state index contributed by atoms with van der Waals surface area (Å²) in [5.74, 6) is -3.25. The SMILES string of the molecule is O=P([O-])(SC1CCCCC1)SC1CCCCC1.[Na+]. The third kappa shape index (κ3) is 6.56. The Labute approximate surface area is 141 Å².